The number of pyridine rings is 1. The van der Waals surface area contributed by atoms with E-state index in [1.165, 1.54) is 12.3 Å². The molecule has 0 radical (unpaired) electrons. The van der Waals surface area contributed by atoms with Crippen LogP contribution in [0.2, 0.25) is 0 Å². The van der Waals surface area contributed by atoms with Gasteiger partial charge in [-0.25, -0.2) is 4.98 Å². The number of aromatic nitrogens is 1. The number of aromatic hydroxyl groups is 1. The number of para-hydroxylation sites is 1. The van der Waals surface area contributed by atoms with E-state index in [0.717, 1.165) is 11.3 Å². The highest BCUT2D eigenvalue weighted by Gasteiger charge is 2.26. The van der Waals surface area contributed by atoms with Gasteiger partial charge >= 0.3 is 0 Å². The van der Waals surface area contributed by atoms with Gasteiger partial charge in [0.25, 0.3) is 0 Å². The molecule has 0 spiro atoms. The predicted octanol–water partition coefficient (Wildman–Crippen LogP) is 2.32. The number of rotatable bonds is 4. The number of anilines is 2. The van der Waals surface area contributed by atoms with Gasteiger partial charge in [0, 0.05) is 24.2 Å². The molecule has 1 unspecified atom stereocenters. The number of fused-ring (bicyclic) bond motifs is 1. The van der Waals surface area contributed by atoms with E-state index >= 15 is 0 Å². The second kappa shape index (κ2) is 6.48. The fraction of sp³-hybridized carbons (Fsp3) is 0.235. The molecule has 23 heavy (non-hydrogen) atoms. The van der Waals surface area contributed by atoms with Crippen molar-refractivity contribution in [1.29, 1.82) is 0 Å². The molecule has 0 fully saturated rings. The maximum atomic E-state index is 12.1. The molecule has 3 rings (SSSR count). The zero-order chi connectivity index (χ0) is 16.2. The number of benzene rings is 1. The van der Waals surface area contributed by atoms with Gasteiger partial charge in [-0.05, 0) is 36.6 Å². The Morgan fingerprint density at radius 3 is 2.96 bits per heavy atom. The van der Waals surface area contributed by atoms with Crippen molar-refractivity contribution >= 4 is 23.3 Å². The number of nitrogens with one attached hydrogen (secondary N) is 2. The fourth-order valence-electron chi connectivity index (χ4n) is 2.64. The third kappa shape index (κ3) is 3.48. The largest absolute Gasteiger partial charge is 0.504 e. The molecule has 0 saturated heterocycles. The highest BCUT2D eigenvalue weighted by Crippen LogP contribution is 2.27. The van der Waals surface area contributed by atoms with Crippen molar-refractivity contribution in [2.75, 3.05) is 10.6 Å². The van der Waals surface area contributed by atoms with E-state index in [0.29, 0.717) is 12.8 Å². The van der Waals surface area contributed by atoms with Gasteiger partial charge < -0.3 is 15.7 Å². The Morgan fingerprint density at radius 1 is 1.30 bits per heavy atom. The van der Waals surface area contributed by atoms with Crippen LogP contribution in [0.4, 0.5) is 11.5 Å². The fourth-order valence-corrected chi connectivity index (χ4v) is 2.64. The maximum absolute atomic E-state index is 12.1. The molecule has 3 N–H and O–H groups in total. The van der Waals surface area contributed by atoms with Crippen LogP contribution < -0.4 is 10.6 Å². The third-order valence-electron chi connectivity index (χ3n) is 3.88. The van der Waals surface area contributed by atoms with Gasteiger partial charge in [0.2, 0.25) is 11.8 Å². The number of carbonyl (C=O) groups excluding carboxylic acids is 2. The summed E-state index contributed by atoms with van der Waals surface area (Å²) in [4.78, 5) is 27.9. The minimum atomic E-state index is -0.273. The summed E-state index contributed by atoms with van der Waals surface area (Å²) < 4.78 is 0. The summed E-state index contributed by atoms with van der Waals surface area (Å²) in [6, 6.07) is 10.7. The number of hydrogen-bond donors (Lipinski definition) is 3. The standard InChI is InChI=1S/C17H17N3O3/c21-14-6-3-9-18-16(14)20-15(22)8-7-12-10-11-4-1-2-5-13(11)19-17(12)23/h1-6,9,12,21H,7-8,10H2,(H,19,23)(H,18,20,22). The van der Waals surface area contributed by atoms with Crippen molar-refractivity contribution in [3.8, 4) is 5.75 Å². The molecule has 2 heterocycles. The SMILES string of the molecule is O=C(CCC1Cc2ccccc2NC1=O)Nc1ncccc1O. The number of amides is 2. The van der Waals surface area contributed by atoms with E-state index in [1.54, 1.807) is 6.07 Å². The van der Waals surface area contributed by atoms with Crippen LogP contribution in [0.3, 0.4) is 0 Å². The molecule has 0 saturated carbocycles. The first-order valence-electron chi connectivity index (χ1n) is 7.46. The second-order valence-electron chi connectivity index (χ2n) is 5.51. The summed E-state index contributed by atoms with van der Waals surface area (Å²) in [5.74, 6) is -0.503. The van der Waals surface area contributed by atoms with Crippen LogP contribution in [-0.4, -0.2) is 21.9 Å². The first-order chi connectivity index (χ1) is 11.1. The normalized spacial score (nSPS) is 16.3. The topological polar surface area (TPSA) is 91.3 Å². The van der Waals surface area contributed by atoms with Crippen molar-refractivity contribution in [2.45, 2.75) is 19.3 Å². The number of nitrogens with zero attached hydrogens (tertiary/aromatic N) is 1. The van der Waals surface area contributed by atoms with Crippen LogP contribution in [0, 0.1) is 5.92 Å². The maximum Gasteiger partial charge on any atom is 0.227 e. The molecule has 1 aliphatic heterocycles. The van der Waals surface area contributed by atoms with Crippen molar-refractivity contribution in [3.63, 3.8) is 0 Å². The Bertz CT molecular complexity index is 745. The van der Waals surface area contributed by atoms with Crippen molar-refractivity contribution in [3.05, 3.63) is 48.2 Å². The average molecular weight is 311 g/mol. The number of hydrogen-bond acceptors (Lipinski definition) is 4. The van der Waals surface area contributed by atoms with Crippen LogP contribution in [0.15, 0.2) is 42.6 Å². The zero-order valence-corrected chi connectivity index (χ0v) is 12.5. The molecular weight excluding hydrogens is 294 g/mol. The molecule has 0 aliphatic carbocycles. The minimum absolute atomic E-state index is 0.0582. The molecule has 118 valence electrons. The third-order valence-corrected chi connectivity index (χ3v) is 3.88. The van der Waals surface area contributed by atoms with Gasteiger partial charge in [0.05, 0.1) is 0 Å². The van der Waals surface area contributed by atoms with E-state index < -0.39 is 0 Å². The van der Waals surface area contributed by atoms with E-state index in [2.05, 4.69) is 15.6 Å². The predicted molar refractivity (Wildman–Crippen MR) is 86.0 cm³/mol. The van der Waals surface area contributed by atoms with E-state index in [9.17, 15) is 14.7 Å². The van der Waals surface area contributed by atoms with Gasteiger partial charge in [-0.15, -0.1) is 0 Å². The van der Waals surface area contributed by atoms with Gasteiger partial charge in [-0.1, -0.05) is 18.2 Å². The van der Waals surface area contributed by atoms with Crippen molar-refractivity contribution < 1.29 is 14.7 Å². The Labute approximate surface area is 133 Å². The lowest BCUT2D eigenvalue weighted by atomic mass is 9.89. The molecular formula is C17H17N3O3. The summed E-state index contributed by atoms with van der Waals surface area (Å²) >= 11 is 0. The first kappa shape index (κ1) is 15.0. The molecule has 1 atom stereocenters. The van der Waals surface area contributed by atoms with Gasteiger partial charge in [-0.2, -0.15) is 0 Å². The Hall–Kier alpha value is -2.89. The highest BCUT2D eigenvalue weighted by atomic mass is 16.3. The van der Waals surface area contributed by atoms with Gasteiger partial charge in [-0.3, -0.25) is 9.59 Å². The summed E-state index contributed by atoms with van der Waals surface area (Å²) in [6.07, 6.45) is 2.75. The van der Waals surface area contributed by atoms with E-state index in [4.69, 9.17) is 0 Å². The zero-order valence-electron chi connectivity index (χ0n) is 12.5. The molecule has 6 heteroatoms. The van der Waals surface area contributed by atoms with Crippen molar-refractivity contribution in [2.24, 2.45) is 5.92 Å². The molecule has 1 aromatic carbocycles. The van der Waals surface area contributed by atoms with Crippen LogP contribution in [0.25, 0.3) is 0 Å². The molecule has 1 aliphatic rings. The first-order valence-corrected chi connectivity index (χ1v) is 7.46. The lowest BCUT2D eigenvalue weighted by molar-refractivity contribution is -0.121. The molecule has 2 aromatic rings. The van der Waals surface area contributed by atoms with E-state index in [-0.39, 0.29) is 35.7 Å². The Balaban J connectivity index is 1.57. The molecule has 0 bridgehead atoms. The summed E-state index contributed by atoms with van der Waals surface area (Å²) in [6.45, 7) is 0. The Morgan fingerprint density at radius 2 is 2.13 bits per heavy atom. The van der Waals surface area contributed by atoms with Crippen molar-refractivity contribution in [1.82, 2.24) is 4.98 Å². The minimum Gasteiger partial charge on any atom is -0.504 e. The number of carbonyl (C=O) groups is 2. The summed E-state index contributed by atoms with van der Waals surface area (Å²) in [7, 11) is 0. The molecule has 2 amide bonds. The summed E-state index contributed by atoms with van der Waals surface area (Å²) in [5, 5.41) is 15.0. The van der Waals surface area contributed by atoms with Gasteiger partial charge in [0.1, 0.15) is 0 Å². The molecule has 1 aromatic heterocycles. The van der Waals surface area contributed by atoms with Crippen LogP contribution in [0.1, 0.15) is 18.4 Å². The monoisotopic (exact) mass is 311 g/mol. The van der Waals surface area contributed by atoms with Crippen LogP contribution >= 0.6 is 0 Å². The lowest BCUT2D eigenvalue weighted by Crippen LogP contribution is -2.30. The van der Waals surface area contributed by atoms with Crippen LogP contribution in [0.5, 0.6) is 5.75 Å². The second-order valence-corrected chi connectivity index (χ2v) is 5.51. The van der Waals surface area contributed by atoms with E-state index in [1.807, 2.05) is 24.3 Å². The highest BCUT2D eigenvalue weighted by molar-refractivity contribution is 5.96. The average Bonchev–Trinajstić information content (AvgIpc) is 2.55. The van der Waals surface area contributed by atoms with Gasteiger partial charge in [0.15, 0.2) is 11.6 Å². The molecule has 6 nitrogen and oxygen atoms in total. The smallest absolute Gasteiger partial charge is 0.227 e. The quantitative estimate of drug-likeness (QED) is 0.808. The lowest BCUT2D eigenvalue weighted by Gasteiger charge is -2.24. The van der Waals surface area contributed by atoms with Crippen LogP contribution in [-0.2, 0) is 16.0 Å². The summed E-state index contributed by atoms with van der Waals surface area (Å²) in [5.41, 5.74) is 1.93. The Kier molecular flexibility index (Phi) is 4.23.